The van der Waals surface area contributed by atoms with Crippen LogP contribution in [0.1, 0.15) is 48.5 Å². The van der Waals surface area contributed by atoms with Crippen molar-refractivity contribution in [2.75, 3.05) is 26.2 Å². The van der Waals surface area contributed by atoms with E-state index in [0.717, 1.165) is 11.1 Å². The van der Waals surface area contributed by atoms with Gasteiger partial charge in [-0.15, -0.1) is 0 Å². The fourth-order valence-electron chi connectivity index (χ4n) is 4.64. The molecule has 2 aromatic carbocycles. The maximum Gasteiger partial charge on any atom is 0.410 e. The van der Waals surface area contributed by atoms with E-state index < -0.39 is 43.8 Å². The van der Waals surface area contributed by atoms with Gasteiger partial charge in [-0.3, -0.25) is 0 Å². The average molecular weight is 618 g/mol. The van der Waals surface area contributed by atoms with Crippen molar-refractivity contribution in [3.05, 3.63) is 84.0 Å². The zero-order valence-corrected chi connectivity index (χ0v) is 27.2. The molecular formula is C31H43N3O6S2. The van der Waals surface area contributed by atoms with Gasteiger partial charge in [0.05, 0.1) is 21.9 Å². The van der Waals surface area contributed by atoms with Gasteiger partial charge in [0.25, 0.3) is 0 Å². The second kappa shape index (κ2) is 13.5. The molecule has 0 bridgehead atoms. The van der Waals surface area contributed by atoms with E-state index in [-0.39, 0.29) is 36.0 Å². The predicted octanol–water partition coefficient (Wildman–Crippen LogP) is 5.29. The van der Waals surface area contributed by atoms with Crippen LogP contribution in [0.4, 0.5) is 4.79 Å². The van der Waals surface area contributed by atoms with Crippen molar-refractivity contribution < 1.29 is 26.4 Å². The largest absolute Gasteiger partial charge is 0.444 e. The number of hydrogen-bond acceptors (Lipinski definition) is 6. The van der Waals surface area contributed by atoms with Gasteiger partial charge in [-0.25, -0.2) is 21.6 Å². The third kappa shape index (κ3) is 8.31. The van der Waals surface area contributed by atoms with Crippen LogP contribution in [0.5, 0.6) is 0 Å². The van der Waals surface area contributed by atoms with Gasteiger partial charge in [0, 0.05) is 26.2 Å². The van der Waals surface area contributed by atoms with Gasteiger partial charge >= 0.3 is 6.09 Å². The number of hydrogen-bond donors (Lipinski definition) is 0. The monoisotopic (exact) mass is 617 g/mol. The second-order valence-electron chi connectivity index (χ2n) is 11.9. The van der Waals surface area contributed by atoms with Crippen LogP contribution in [0.25, 0.3) is 0 Å². The van der Waals surface area contributed by atoms with Crippen molar-refractivity contribution in [1.29, 1.82) is 0 Å². The van der Waals surface area contributed by atoms with Crippen molar-refractivity contribution in [1.82, 2.24) is 13.5 Å². The normalized spacial score (nSPS) is 17.8. The standard InChI is InChI=1S/C31H43N3O6S2/c1-24(2)18-20-33(41(36,37)26-14-10-8-11-15-26)28-22-32(30(35)40-31(5,6)7)23-29(28)34(21-19-25(3)4)42(38,39)27-16-12-9-13-17-27/h8-19,28-29H,20-23H2,1-7H3/t28-,29-/m0/s1. The summed E-state index contributed by atoms with van der Waals surface area (Å²) in [6.07, 6.45) is 2.95. The molecule has 3 rings (SSSR count). The summed E-state index contributed by atoms with van der Waals surface area (Å²) in [7, 11) is -8.20. The van der Waals surface area contributed by atoms with Crippen LogP contribution in [-0.4, -0.2) is 80.3 Å². The lowest BCUT2D eigenvalue weighted by molar-refractivity contribution is 0.0282. The average Bonchev–Trinajstić information content (AvgIpc) is 3.33. The van der Waals surface area contributed by atoms with E-state index in [4.69, 9.17) is 4.74 Å². The Kier molecular flexibility index (Phi) is 10.8. The number of rotatable bonds is 10. The number of sulfonamides is 2. The smallest absolute Gasteiger partial charge is 0.410 e. The van der Waals surface area contributed by atoms with Gasteiger partial charge in [0.1, 0.15) is 5.60 Å². The van der Waals surface area contributed by atoms with E-state index in [2.05, 4.69) is 0 Å². The van der Waals surface area contributed by atoms with E-state index in [9.17, 15) is 21.6 Å². The SMILES string of the molecule is CC(C)=CCN([C@H]1CN(C(=O)OC(C)(C)C)C[C@@H]1N(CC=C(C)C)S(=O)(=O)c1ccccc1)S(=O)(=O)c1ccccc1. The molecule has 1 heterocycles. The first-order valence-corrected chi connectivity index (χ1v) is 16.8. The number of ether oxygens (including phenoxy) is 1. The zero-order chi connectivity index (χ0) is 31.3. The van der Waals surface area contributed by atoms with Crippen molar-refractivity contribution >= 4 is 26.1 Å². The summed E-state index contributed by atoms with van der Waals surface area (Å²) in [5.74, 6) is 0. The molecule has 0 unspecified atom stereocenters. The molecule has 2 atom stereocenters. The van der Waals surface area contributed by atoms with Crippen molar-refractivity contribution in [3.63, 3.8) is 0 Å². The van der Waals surface area contributed by atoms with E-state index in [0.29, 0.717) is 0 Å². The molecule has 0 N–H and O–H groups in total. The van der Waals surface area contributed by atoms with Gasteiger partial charge in [0.15, 0.2) is 0 Å². The Bertz CT molecular complexity index is 1390. The highest BCUT2D eigenvalue weighted by Gasteiger charge is 2.49. The quantitative estimate of drug-likeness (QED) is 0.336. The molecule has 0 radical (unpaired) electrons. The van der Waals surface area contributed by atoms with E-state index >= 15 is 0 Å². The fraction of sp³-hybridized carbons (Fsp3) is 0.452. The minimum atomic E-state index is -4.10. The summed E-state index contributed by atoms with van der Waals surface area (Å²) in [4.78, 5) is 14.9. The number of nitrogens with zero attached hydrogens (tertiary/aromatic N) is 3. The Morgan fingerprint density at radius 1 is 0.762 bits per heavy atom. The Hall–Kier alpha value is -2.99. The first-order chi connectivity index (χ1) is 19.5. The molecule has 0 saturated carbocycles. The predicted molar refractivity (Wildman–Crippen MR) is 165 cm³/mol. The highest BCUT2D eigenvalue weighted by molar-refractivity contribution is 7.89. The molecular weight excluding hydrogens is 574 g/mol. The van der Waals surface area contributed by atoms with Gasteiger partial charge in [-0.05, 0) is 72.7 Å². The van der Waals surface area contributed by atoms with Crippen LogP contribution in [0.2, 0.25) is 0 Å². The summed E-state index contributed by atoms with van der Waals surface area (Å²) in [5, 5.41) is 0. The van der Waals surface area contributed by atoms with Crippen LogP contribution in [0.15, 0.2) is 93.8 Å². The van der Waals surface area contributed by atoms with Crippen molar-refractivity contribution in [3.8, 4) is 0 Å². The number of likely N-dealkylation sites (tertiary alicyclic amines) is 1. The van der Waals surface area contributed by atoms with Gasteiger partial charge in [-0.2, -0.15) is 8.61 Å². The molecule has 0 aliphatic carbocycles. The highest BCUT2D eigenvalue weighted by Crippen LogP contribution is 2.31. The van der Waals surface area contributed by atoms with Crippen LogP contribution >= 0.6 is 0 Å². The Morgan fingerprint density at radius 2 is 1.12 bits per heavy atom. The summed E-state index contributed by atoms with van der Waals surface area (Å²) in [6, 6.07) is 14.3. The third-order valence-corrected chi connectivity index (χ3v) is 10.5. The van der Waals surface area contributed by atoms with Gasteiger partial charge in [0.2, 0.25) is 20.0 Å². The second-order valence-corrected chi connectivity index (χ2v) is 15.6. The van der Waals surface area contributed by atoms with Gasteiger partial charge < -0.3 is 9.64 Å². The highest BCUT2D eigenvalue weighted by atomic mass is 32.2. The molecule has 230 valence electrons. The number of allylic oxidation sites excluding steroid dienone is 2. The first kappa shape index (κ1) is 33.5. The molecule has 2 aromatic rings. The van der Waals surface area contributed by atoms with Crippen molar-refractivity contribution in [2.45, 2.75) is 75.9 Å². The molecule has 11 heteroatoms. The summed E-state index contributed by atoms with van der Waals surface area (Å²) >= 11 is 0. The van der Waals surface area contributed by atoms with Crippen LogP contribution in [0, 0.1) is 0 Å². The molecule has 0 spiro atoms. The molecule has 1 saturated heterocycles. The van der Waals surface area contributed by atoms with Crippen LogP contribution in [0.3, 0.4) is 0 Å². The minimum absolute atomic E-state index is 0.00472. The van der Waals surface area contributed by atoms with Crippen molar-refractivity contribution in [2.24, 2.45) is 0 Å². The summed E-state index contributed by atoms with van der Waals surface area (Å²) < 4.78 is 65.0. The molecule has 0 aromatic heterocycles. The zero-order valence-electron chi connectivity index (χ0n) is 25.5. The maximum atomic E-state index is 14.2. The van der Waals surface area contributed by atoms with E-state index in [1.807, 2.05) is 27.7 Å². The Labute approximate surface area is 251 Å². The number of benzene rings is 2. The maximum absolute atomic E-state index is 14.2. The van der Waals surface area contributed by atoms with Crippen LogP contribution in [-0.2, 0) is 24.8 Å². The Balaban J connectivity index is 2.22. The number of amides is 1. The van der Waals surface area contributed by atoms with E-state index in [1.54, 1.807) is 69.3 Å². The lowest BCUT2D eigenvalue weighted by Crippen LogP contribution is -2.54. The minimum Gasteiger partial charge on any atom is -0.444 e. The third-order valence-electron chi connectivity index (χ3n) is 6.71. The molecule has 1 aliphatic rings. The lowest BCUT2D eigenvalue weighted by atomic mass is 10.1. The molecule has 42 heavy (non-hydrogen) atoms. The first-order valence-electron chi connectivity index (χ1n) is 13.9. The summed E-state index contributed by atoms with van der Waals surface area (Å²) in [6.45, 7) is 12.6. The van der Waals surface area contributed by atoms with E-state index in [1.165, 1.54) is 37.8 Å². The fourth-order valence-corrected chi connectivity index (χ4v) is 7.85. The molecule has 1 fully saturated rings. The molecule has 1 amide bonds. The molecule has 1 aliphatic heterocycles. The summed E-state index contributed by atoms with van der Waals surface area (Å²) in [5.41, 5.74) is 1.01. The molecule has 9 nitrogen and oxygen atoms in total. The number of carbonyl (C=O) groups excluding carboxylic acids is 1. The van der Waals surface area contributed by atoms with Gasteiger partial charge in [-0.1, -0.05) is 59.7 Å². The topological polar surface area (TPSA) is 104 Å². The number of carbonyl (C=O) groups is 1. The van der Waals surface area contributed by atoms with Crippen LogP contribution < -0.4 is 0 Å². The Morgan fingerprint density at radius 3 is 1.43 bits per heavy atom. The lowest BCUT2D eigenvalue weighted by Gasteiger charge is -2.36.